The number of unbranched alkanes of at least 4 members (excludes halogenated alkanes) is 11. The van der Waals surface area contributed by atoms with E-state index in [9.17, 15) is 15.3 Å². The summed E-state index contributed by atoms with van der Waals surface area (Å²) in [4.78, 5) is 0. The molecule has 0 amide bonds. The summed E-state index contributed by atoms with van der Waals surface area (Å²) < 4.78 is 10.7. The summed E-state index contributed by atoms with van der Waals surface area (Å²) in [6.45, 7) is 8.18. The van der Waals surface area contributed by atoms with Crippen LogP contribution < -0.4 is 0 Å². The molecule has 6 heteroatoms. The van der Waals surface area contributed by atoms with E-state index in [2.05, 4.69) is 20.4 Å². The smallest absolute Gasteiger partial charge is 0.186 e. The van der Waals surface area contributed by atoms with Crippen LogP contribution in [-0.2, 0) is 9.47 Å². The normalized spacial score (nSPS) is 26.1. The summed E-state index contributed by atoms with van der Waals surface area (Å²) in [5, 5.41) is 38.2. The first kappa shape index (κ1) is 29.5. The summed E-state index contributed by atoms with van der Waals surface area (Å²) in [6.07, 6.45) is 12.1. The van der Waals surface area contributed by atoms with Gasteiger partial charge in [-0.15, -0.1) is 6.58 Å². The zero-order chi connectivity index (χ0) is 22.6. The number of allylic oxidation sites excluding steroid dienone is 1. The second-order valence-corrected chi connectivity index (χ2v) is 8.18. The molecule has 30 heavy (non-hydrogen) atoms. The van der Waals surface area contributed by atoms with E-state index in [1.807, 2.05) is 6.08 Å². The molecule has 180 valence electrons. The molecule has 0 aromatic rings. The van der Waals surface area contributed by atoms with Gasteiger partial charge in [-0.25, -0.2) is 0 Å². The molecule has 0 aromatic heterocycles. The van der Waals surface area contributed by atoms with E-state index < -0.39 is 37.3 Å². The molecule has 0 spiro atoms. The lowest BCUT2D eigenvalue weighted by molar-refractivity contribution is -0.301. The van der Waals surface area contributed by atoms with E-state index in [0.29, 0.717) is 6.61 Å². The molecule has 5 unspecified atom stereocenters. The van der Waals surface area contributed by atoms with Crippen molar-refractivity contribution >= 4 is 0 Å². The van der Waals surface area contributed by atoms with E-state index >= 15 is 0 Å². The number of hydrogen-bond acceptors (Lipinski definition) is 6. The lowest BCUT2D eigenvalue weighted by atomic mass is 9.99. The fourth-order valence-corrected chi connectivity index (χ4v) is 3.36. The van der Waals surface area contributed by atoms with Crippen LogP contribution in [0.5, 0.6) is 0 Å². The molecule has 1 heterocycles. The largest absolute Gasteiger partial charge is 0.394 e. The van der Waals surface area contributed by atoms with Crippen LogP contribution in [0.15, 0.2) is 12.7 Å². The molecular formula is C24H48O6. The molecule has 0 aliphatic carbocycles. The van der Waals surface area contributed by atoms with Gasteiger partial charge in [0.15, 0.2) is 6.29 Å². The third-order valence-corrected chi connectivity index (χ3v) is 5.39. The maximum atomic E-state index is 9.79. The Morgan fingerprint density at radius 1 is 0.767 bits per heavy atom. The summed E-state index contributed by atoms with van der Waals surface area (Å²) >= 11 is 0. The first-order valence-corrected chi connectivity index (χ1v) is 12.1. The maximum Gasteiger partial charge on any atom is 0.186 e. The highest BCUT2D eigenvalue weighted by Crippen LogP contribution is 2.22. The van der Waals surface area contributed by atoms with Crippen LogP contribution in [0.3, 0.4) is 0 Å². The Balaban J connectivity index is 0.000000890. The van der Waals surface area contributed by atoms with E-state index in [1.165, 1.54) is 57.8 Å². The van der Waals surface area contributed by atoms with Crippen molar-refractivity contribution in [2.75, 3.05) is 13.2 Å². The number of ether oxygens (including phenoxy) is 2. The Hall–Kier alpha value is -0.500. The van der Waals surface area contributed by atoms with Crippen molar-refractivity contribution in [1.29, 1.82) is 0 Å². The van der Waals surface area contributed by atoms with Crippen LogP contribution in [0.1, 0.15) is 97.3 Å². The Morgan fingerprint density at radius 3 is 1.83 bits per heavy atom. The Morgan fingerprint density at radius 2 is 1.30 bits per heavy atom. The average molecular weight is 433 g/mol. The Labute approximate surface area is 184 Å². The van der Waals surface area contributed by atoms with Gasteiger partial charge in [-0.3, -0.25) is 0 Å². The van der Waals surface area contributed by atoms with Crippen LogP contribution in [0.2, 0.25) is 0 Å². The minimum absolute atomic E-state index is 0.412. The second-order valence-electron chi connectivity index (χ2n) is 8.18. The SMILES string of the molecule is C=CCCCCCCCCOC1OC(CO)C(O)C(O)C1O.CCCCCCCC. The molecule has 0 bridgehead atoms. The molecular weight excluding hydrogens is 384 g/mol. The third-order valence-electron chi connectivity index (χ3n) is 5.39. The molecule has 1 fully saturated rings. The van der Waals surface area contributed by atoms with Crippen LogP contribution >= 0.6 is 0 Å². The third kappa shape index (κ3) is 13.7. The molecule has 0 radical (unpaired) electrons. The van der Waals surface area contributed by atoms with Crippen molar-refractivity contribution < 1.29 is 29.9 Å². The van der Waals surface area contributed by atoms with Crippen LogP contribution in [0.25, 0.3) is 0 Å². The van der Waals surface area contributed by atoms with Gasteiger partial charge >= 0.3 is 0 Å². The van der Waals surface area contributed by atoms with Gasteiger partial charge in [0, 0.05) is 6.61 Å². The molecule has 1 saturated heterocycles. The molecule has 1 aliphatic rings. The predicted molar refractivity (Wildman–Crippen MR) is 121 cm³/mol. The van der Waals surface area contributed by atoms with Gasteiger partial charge in [-0.1, -0.05) is 84.1 Å². The van der Waals surface area contributed by atoms with Crippen LogP contribution in [0, 0.1) is 0 Å². The van der Waals surface area contributed by atoms with Crippen molar-refractivity contribution in [3.05, 3.63) is 12.7 Å². The molecule has 6 nitrogen and oxygen atoms in total. The van der Waals surface area contributed by atoms with Gasteiger partial charge in [-0.2, -0.15) is 0 Å². The van der Waals surface area contributed by atoms with Crippen LogP contribution in [-0.4, -0.2) is 64.3 Å². The molecule has 1 rings (SSSR count). The van der Waals surface area contributed by atoms with Gasteiger partial charge in [0.25, 0.3) is 0 Å². The highest BCUT2D eigenvalue weighted by molar-refractivity contribution is 4.88. The fraction of sp³-hybridized carbons (Fsp3) is 0.917. The van der Waals surface area contributed by atoms with Gasteiger partial charge in [0.05, 0.1) is 6.61 Å². The molecule has 4 N–H and O–H groups in total. The van der Waals surface area contributed by atoms with Gasteiger partial charge < -0.3 is 29.9 Å². The summed E-state index contributed by atoms with van der Waals surface area (Å²) in [7, 11) is 0. The summed E-state index contributed by atoms with van der Waals surface area (Å²) in [5.74, 6) is 0. The summed E-state index contributed by atoms with van der Waals surface area (Å²) in [5.41, 5.74) is 0. The number of rotatable bonds is 16. The van der Waals surface area contributed by atoms with Gasteiger partial charge in [0.1, 0.15) is 24.4 Å². The highest BCUT2D eigenvalue weighted by atomic mass is 16.7. The van der Waals surface area contributed by atoms with Crippen LogP contribution in [0.4, 0.5) is 0 Å². The van der Waals surface area contributed by atoms with Gasteiger partial charge in [0.2, 0.25) is 0 Å². The monoisotopic (exact) mass is 432 g/mol. The number of hydrogen-bond donors (Lipinski definition) is 4. The molecule has 1 aliphatic heterocycles. The molecule has 5 atom stereocenters. The standard InChI is InChI=1S/C16H30O6.C8H18/c1-2-3-4-5-6-7-8-9-10-21-16-15(20)14(19)13(18)12(11-17)22-16;1-3-5-7-8-6-4-2/h2,12-20H,1,3-11H2;3-8H2,1-2H3. The Kier molecular flexibility index (Phi) is 20.1. The molecule has 0 saturated carbocycles. The van der Waals surface area contributed by atoms with Gasteiger partial charge in [-0.05, 0) is 19.3 Å². The minimum atomic E-state index is -1.37. The fourth-order valence-electron chi connectivity index (χ4n) is 3.36. The van der Waals surface area contributed by atoms with E-state index in [-0.39, 0.29) is 0 Å². The zero-order valence-corrected chi connectivity index (χ0v) is 19.4. The summed E-state index contributed by atoms with van der Waals surface area (Å²) in [6, 6.07) is 0. The first-order chi connectivity index (χ1) is 14.5. The van der Waals surface area contributed by atoms with Crippen molar-refractivity contribution in [2.24, 2.45) is 0 Å². The van der Waals surface area contributed by atoms with E-state index in [1.54, 1.807) is 0 Å². The van der Waals surface area contributed by atoms with Crippen molar-refractivity contribution in [3.8, 4) is 0 Å². The van der Waals surface area contributed by atoms with E-state index in [0.717, 1.165) is 25.7 Å². The zero-order valence-electron chi connectivity index (χ0n) is 19.4. The Bertz CT molecular complexity index is 371. The van der Waals surface area contributed by atoms with Crippen molar-refractivity contribution in [3.63, 3.8) is 0 Å². The predicted octanol–water partition coefficient (Wildman–Crippen LogP) is 4.09. The second kappa shape index (κ2) is 20.4. The lowest BCUT2D eigenvalue weighted by Crippen LogP contribution is -2.59. The minimum Gasteiger partial charge on any atom is -0.394 e. The lowest BCUT2D eigenvalue weighted by Gasteiger charge is -2.39. The molecule has 0 aromatic carbocycles. The number of aliphatic hydroxyl groups excluding tert-OH is 4. The maximum absolute atomic E-state index is 9.79. The quantitative estimate of drug-likeness (QED) is 0.217. The number of aliphatic hydroxyl groups is 4. The van der Waals surface area contributed by atoms with Crippen molar-refractivity contribution in [1.82, 2.24) is 0 Å². The average Bonchev–Trinajstić information content (AvgIpc) is 2.76. The van der Waals surface area contributed by atoms with Crippen molar-refractivity contribution in [2.45, 2.75) is 128 Å². The van der Waals surface area contributed by atoms with E-state index in [4.69, 9.17) is 14.6 Å². The highest BCUT2D eigenvalue weighted by Gasteiger charge is 2.43. The first-order valence-electron chi connectivity index (χ1n) is 12.1. The topological polar surface area (TPSA) is 99.4 Å².